The van der Waals surface area contributed by atoms with Gasteiger partial charge in [0, 0.05) is 16.8 Å². The molecule has 0 aliphatic carbocycles. The summed E-state index contributed by atoms with van der Waals surface area (Å²) in [7, 11) is 1.47. The number of anilines is 2. The first kappa shape index (κ1) is 25.1. The van der Waals surface area contributed by atoms with Gasteiger partial charge in [-0.15, -0.1) is 0 Å². The van der Waals surface area contributed by atoms with Gasteiger partial charge in [-0.3, -0.25) is 19.8 Å². The minimum atomic E-state index is -0.970. The Kier molecular flexibility index (Phi) is 7.19. The van der Waals surface area contributed by atoms with E-state index in [0.717, 1.165) is 11.1 Å². The Hall–Kier alpha value is -4.01. The van der Waals surface area contributed by atoms with Crippen molar-refractivity contribution in [3.63, 3.8) is 0 Å². The van der Waals surface area contributed by atoms with Crippen molar-refractivity contribution in [3.8, 4) is 5.75 Å². The van der Waals surface area contributed by atoms with Crippen molar-refractivity contribution in [3.05, 3.63) is 87.5 Å². The van der Waals surface area contributed by atoms with Gasteiger partial charge < -0.3 is 15.4 Å². The Morgan fingerprint density at radius 1 is 0.861 bits per heavy atom. The van der Waals surface area contributed by atoms with Crippen LogP contribution >= 0.6 is 23.2 Å². The standard InChI is InChI=1S/C26H22Cl2N4O4/c1-14-7-10-20(15(2)11-14)30-25(34)26(35)31-32-21(12-16-5-4-6-22(36-3)23(16)32)24(33)29-17-8-9-18(27)19(28)13-17/h4-13H,1-3H3,(H,29,33)(H,30,34)(H,31,35). The van der Waals surface area contributed by atoms with Gasteiger partial charge >= 0.3 is 11.8 Å². The minimum Gasteiger partial charge on any atom is -0.494 e. The molecule has 0 saturated heterocycles. The van der Waals surface area contributed by atoms with Crippen molar-refractivity contribution in [1.82, 2.24) is 4.68 Å². The van der Waals surface area contributed by atoms with E-state index in [1.165, 1.54) is 17.9 Å². The average Bonchev–Trinajstić information content (AvgIpc) is 3.21. The summed E-state index contributed by atoms with van der Waals surface area (Å²) in [4.78, 5) is 38.8. The molecular weight excluding hydrogens is 503 g/mol. The molecule has 0 aliphatic rings. The highest BCUT2D eigenvalue weighted by Gasteiger charge is 2.23. The molecule has 3 amide bonds. The molecule has 0 saturated carbocycles. The smallest absolute Gasteiger partial charge is 0.328 e. The van der Waals surface area contributed by atoms with Gasteiger partial charge in [0.15, 0.2) is 0 Å². The monoisotopic (exact) mass is 524 g/mol. The largest absolute Gasteiger partial charge is 0.494 e. The number of rotatable bonds is 5. The minimum absolute atomic E-state index is 0.0632. The third-order valence-corrected chi connectivity index (χ3v) is 6.21. The fraction of sp³-hybridized carbons (Fsp3) is 0.115. The summed E-state index contributed by atoms with van der Waals surface area (Å²) in [5, 5.41) is 6.56. The van der Waals surface area contributed by atoms with Gasteiger partial charge in [0.1, 0.15) is 17.0 Å². The van der Waals surface area contributed by atoms with Gasteiger partial charge in [-0.1, -0.05) is 53.0 Å². The van der Waals surface area contributed by atoms with E-state index in [4.69, 9.17) is 27.9 Å². The summed E-state index contributed by atoms with van der Waals surface area (Å²) in [5.74, 6) is -2.02. The zero-order valence-electron chi connectivity index (χ0n) is 19.6. The van der Waals surface area contributed by atoms with E-state index < -0.39 is 17.7 Å². The normalized spacial score (nSPS) is 10.7. The number of hydrogen-bond donors (Lipinski definition) is 3. The Morgan fingerprint density at radius 2 is 1.64 bits per heavy atom. The summed E-state index contributed by atoms with van der Waals surface area (Å²) >= 11 is 12.0. The summed E-state index contributed by atoms with van der Waals surface area (Å²) in [5.41, 5.74) is 5.74. The molecule has 184 valence electrons. The van der Waals surface area contributed by atoms with Gasteiger partial charge in [-0.05, 0) is 55.8 Å². The van der Waals surface area contributed by atoms with Crippen molar-refractivity contribution in [2.24, 2.45) is 0 Å². The van der Waals surface area contributed by atoms with E-state index >= 15 is 0 Å². The van der Waals surface area contributed by atoms with Gasteiger partial charge in [-0.25, -0.2) is 4.68 Å². The molecular formula is C26H22Cl2N4O4. The highest BCUT2D eigenvalue weighted by molar-refractivity contribution is 6.43. The number of carbonyl (C=O) groups is 3. The van der Waals surface area contributed by atoms with Crippen LogP contribution in [-0.2, 0) is 9.59 Å². The molecule has 0 spiro atoms. The van der Waals surface area contributed by atoms with Gasteiger partial charge in [-0.2, -0.15) is 0 Å². The summed E-state index contributed by atoms with van der Waals surface area (Å²) in [6.07, 6.45) is 0. The lowest BCUT2D eigenvalue weighted by atomic mass is 10.1. The number of fused-ring (bicyclic) bond motifs is 1. The lowest BCUT2D eigenvalue weighted by Gasteiger charge is -2.15. The van der Waals surface area contributed by atoms with Crippen LogP contribution in [0, 0.1) is 13.8 Å². The Labute approximate surface area is 217 Å². The van der Waals surface area contributed by atoms with Crippen molar-refractivity contribution in [1.29, 1.82) is 0 Å². The number of ether oxygens (including phenoxy) is 1. The predicted octanol–water partition coefficient (Wildman–Crippen LogP) is 5.53. The van der Waals surface area contributed by atoms with E-state index in [1.807, 2.05) is 26.0 Å². The number of benzene rings is 3. The number of amides is 3. The van der Waals surface area contributed by atoms with Crippen LogP contribution in [0.2, 0.25) is 10.0 Å². The fourth-order valence-electron chi connectivity index (χ4n) is 3.73. The quantitative estimate of drug-likeness (QED) is 0.298. The fourth-order valence-corrected chi connectivity index (χ4v) is 4.03. The molecule has 1 heterocycles. The lowest BCUT2D eigenvalue weighted by molar-refractivity contribution is -0.133. The van der Waals surface area contributed by atoms with Crippen LogP contribution in [-0.4, -0.2) is 29.5 Å². The molecule has 10 heteroatoms. The first-order valence-corrected chi connectivity index (χ1v) is 11.6. The van der Waals surface area contributed by atoms with Gasteiger partial charge in [0.05, 0.1) is 17.2 Å². The number of para-hydroxylation sites is 1. The molecule has 0 unspecified atom stereocenters. The SMILES string of the molecule is COc1cccc2cc(C(=O)Nc3ccc(Cl)c(Cl)c3)n(NC(=O)C(=O)Nc3ccc(C)cc3C)c12. The van der Waals surface area contributed by atoms with Crippen LogP contribution in [0.1, 0.15) is 21.6 Å². The van der Waals surface area contributed by atoms with Gasteiger partial charge in [0.25, 0.3) is 5.91 Å². The molecule has 0 aliphatic heterocycles. The summed E-state index contributed by atoms with van der Waals surface area (Å²) in [6.45, 7) is 3.76. The molecule has 36 heavy (non-hydrogen) atoms. The highest BCUT2D eigenvalue weighted by atomic mass is 35.5. The molecule has 4 rings (SSSR count). The van der Waals surface area contributed by atoms with Crippen LogP contribution in [0.4, 0.5) is 11.4 Å². The second-order valence-electron chi connectivity index (χ2n) is 8.06. The molecule has 3 aromatic carbocycles. The number of carbonyl (C=O) groups excluding carboxylic acids is 3. The molecule has 1 aromatic heterocycles. The third-order valence-electron chi connectivity index (χ3n) is 5.47. The van der Waals surface area contributed by atoms with Crippen molar-refractivity contribution in [2.45, 2.75) is 13.8 Å². The topological polar surface area (TPSA) is 101 Å². The first-order valence-electron chi connectivity index (χ1n) is 10.8. The van der Waals surface area contributed by atoms with E-state index in [2.05, 4.69) is 16.1 Å². The van der Waals surface area contributed by atoms with Crippen LogP contribution in [0.5, 0.6) is 5.75 Å². The number of hydrogen-bond acceptors (Lipinski definition) is 4. The number of halogens is 2. The second-order valence-corrected chi connectivity index (χ2v) is 8.87. The third kappa shape index (κ3) is 5.15. The van der Waals surface area contributed by atoms with Crippen LogP contribution in [0.25, 0.3) is 10.9 Å². The maximum absolute atomic E-state index is 13.2. The molecule has 4 aromatic rings. The second kappa shape index (κ2) is 10.3. The van der Waals surface area contributed by atoms with Crippen molar-refractivity contribution in [2.75, 3.05) is 23.2 Å². The number of methoxy groups -OCH3 is 1. The van der Waals surface area contributed by atoms with E-state index in [0.29, 0.717) is 33.0 Å². The average molecular weight is 525 g/mol. The Bertz CT molecular complexity index is 1510. The maximum Gasteiger partial charge on any atom is 0.328 e. The Morgan fingerprint density at radius 3 is 2.33 bits per heavy atom. The maximum atomic E-state index is 13.2. The molecule has 0 fully saturated rings. The van der Waals surface area contributed by atoms with Crippen molar-refractivity contribution >= 4 is 63.2 Å². The van der Waals surface area contributed by atoms with E-state index in [9.17, 15) is 14.4 Å². The number of aromatic nitrogens is 1. The highest BCUT2D eigenvalue weighted by Crippen LogP contribution is 2.29. The molecule has 0 atom stereocenters. The number of nitrogens with zero attached hydrogens (tertiary/aromatic N) is 1. The van der Waals surface area contributed by atoms with Gasteiger partial charge in [0.2, 0.25) is 0 Å². The Balaban J connectivity index is 1.67. The molecule has 3 N–H and O–H groups in total. The zero-order valence-corrected chi connectivity index (χ0v) is 21.1. The summed E-state index contributed by atoms with van der Waals surface area (Å²) in [6, 6.07) is 16.9. The number of nitrogens with one attached hydrogen (secondary N) is 3. The van der Waals surface area contributed by atoms with E-state index in [1.54, 1.807) is 42.5 Å². The predicted molar refractivity (Wildman–Crippen MR) is 142 cm³/mol. The van der Waals surface area contributed by atoms with Crippen LogP contribution in [0.3, 0.4) is 0 Å². The molecule has 0 radical (unpaired) electrons. The van der Waals surface area contributed by atoms with Crippen LogP contribution in [0.15, 0.2) is 60.7 Å². The zero-order chi connectivity index (χ0) is 26.0. The lowest BCUT2D eigenvalue weighted by Crippen LogP contribution is -2.36. The van der Waals surface area contributed by atoms with Crippen molar-refractivity contribution < 1.29 is 19.1 Å². The van der Waals surface area contributed by atoms with Crippen LogP contribution < -0.4 is 20.8 Å². The molecule has 8 nitrogen and oxygen atoms in total. The first-order chi connectivity index (χ1) is 17.2. The van der Waals surface area contributed by atoms with E-state index in [-0.39, 0.29) is 10.7 Å². The molecule has 0 bridgehead atoms. The summed E-state index contributed by atoms with van der Waals surface area (Å²) < 4.78 is 6.66. The number of aryl methyl sites for hydroxylation is 2.